The van der Waals surface area contributed by atoms with Crippen LogP contribution in [0.1, 0.15) is 31.9 Å². The van der Waals surface area contributed by atoms with Crippen LogP contribution in [0.15, 0.2) is 24.3 Å². The topological polar surface area (TPSA) is 24.5 Å². The van der Waals surface area contributed by atoms with Gasteiger partial charge in [0, 0.05) is 31.8 Å². The molecule has 1 unspecified atom stereocenters. The molecule has 4 heteroatoms. The van der Waals surface area contributed by atoms with Crippen molar-refractivity contribution in [1.82, 2.24) is 10.2 Å². The molecule has 0 heterocycles. The largest absolute Gasteiger partial charge is 0.383 e. The molecule has 0 saturated heterocycles. The molecule has 0 amide bonds. The van der Waals surface area contributed by atoms with Gasteiger partial charge in [0.15, 0.2) is 0 Å². The highest BCUT2D eigenvalue weighted by atomic mass is 19.1. The van der Waals surface area contributed by atoms with Gasteiger partial charge in [-0.3, -0.25) is 0 Å². The number of hydrogen-bond donors (Lipinski definition) is 1. The second-order valence-corrected chi connectivity index (χ2v) is 4.85. The average molecular weight is 282 g/mol. The van der Waals surface area contributed by atoms with Crippen LogP contribution in [0.2, 0.25) is 0 Å². The Labute approximate surface area is 122 Å². The Kier molecular flexibility index (Phi) is 8.42. The fourth-order valence-corrected chi connectivity index (χ4v) is 2.33. The highest BCUT2D eigenvalue weighted by Crippen LogP contribution is 2.20. The van der Waals surface area contributed by atoms with Crippen molar-refractivity contribution in [3.8, 4) is 0 Å². The monoisotopic (exact) mass is 282 g/mol. The molecule has 1 N–H and O–H groups in total. The summed E-state index contributed by atoms with van der Waals surface area (Å²) in [5, 5.41) is 3.38. The van der Waals surface area contributed by atoms with Crippen molar-refractivity contribution >= 4 is 0 Å². The van der Waals surface area contributed by atoms with Crippen molar-refractivity contribution in [2.45, 2.75) is 26.3 Å². The summed E-state index contributed by atoms with van der Waals surface area (Å²) in [6, 6.07) is 7.10. The van der Waals surface area contributed by atoms with E-state index in [0.717, 1.165) is 44.8 Å². The quantitative estimate of drug-likeness (QED) is 0.714. The lowest BCUT2D eigenvalue weighted by Gasteiger charge is -2.24. The third-order valence-corrected chi connectivity index (χ3v) is 3.52. The third-order valence-electron chi connectivity index (χ3n) is 3.52. The fraction of sp³-hybridized carbons (Fsp3) is 0.625. The van der Waals surface area contributed by atoms with Crippen LogP contribution in [-0.4, -0.2) is 44.8 Å². The Hall–Kier alpha value is -0.970. The van der Waals surface area contributed by atoms with Crippen LogP contribution >= 0.6 is 0 Å². The molecule has 0 aromatic heterocycles. The first-order valence-electron chi connectivity index (χ1n) is 7.42. The second kappa shape index (κ2) is 9.86. The minimum atomic E-state index is -0.126. The summed E-state index contributed by atoms with van der Waals surface area (Å²) in [7, 11) is 1.72. The van der Waals surface area contributed by atoms with Gasteiger partial charge in [0.25, 0.3) is 0 Å². The van der Waals surface area contributed by atoms with E-state index < -0.39 is 0 Å². The molecule has 1 aromatic rings. The number of methoxy groups -OCH3 is 1. The van der Waals surface area contributed by atoms with Crippen LogP contribution in [0, 0.1) is 5.82 Å². The molecule has 3 nitrogen and oxygen atoms in total. The molecule has 0 spiro atoms. The Morgan fingerprint density at radius 3 is 2.60 bits per heavy atom. The van der Waals surface area contributed by atoms with Crippen molar-refractivity contribution in [3.05, 3.63) is 35.6 Å². The van der Waals surface area contributed by atoms with Crippen molar-refractivity contribution in [1.29, 1.82) is 0 Å². The average Bonchev–Trinajstić information content (AvgIpc) is 2.47. The molecular weight excluding hydrogens is 255 g/mol. The van der Waals surface area contributed by atoms with E-state index in [0.29, 0.717) is 0 Å². The van der Waals surface area contributed by atoms with E-state index >= 15 is 0 Å². The standard InChI is InChI=1S/C16H27FN2O/c1-4-18-16(14-8-6-7-9-15(14)17)10-11-19(5-2)12-13-20-3/h6-9,16,18H,4-5,10-13H2,1-3H3. The molecule has 1 rings (SSSR count). The van der Waals surface area contributed by atoms with Crippen LogP contribution < -0.4 is 5.32 Å². The summed E-state index contributed by atoms with van der Waals surface area (Å²) in [4.78, 5) is 2.33. The molecular formula is C16H27FN2O. The highest BCUT2D eigenvalue weighted by molar-refractivity contribution is 5.21. The molecule has 1 aromatic carbocycles. The predicted octanol–water partition coefficient (Wildman–Crippen LogP) is 2.83. The van der Waals surface area contributed by atoms with Gasteiger partial charge in [-0.15, -0.1) is 0 Å². The van der Waals surface area contributed by atoms with Gasteiger partial charge in [0.2, 0.25) is 0 Å². The van der Waals surface area contributed by atoms with Crippen LogP contribution in [0.25, 0.3) is 0 Å². The Balaban J connectivity index is 2.61. The van der Waals surface area contributed by atoms with Gasteiger partial charge >= 0.3 is 0 Å². The maximum Gasteiger partial charge on any atom is 0.127 e. The number of hydrogen-bond acceptors (Lipinski definition) is 3. The minimum Gasteiger partial charge on any atom is -0.383 e. The summed E-state index contributed by atoms with van der Waals surface area (Å²) < 4.78 is 19.0. The van der Waals surface area contributed by atoms with Crippen molar-refractivity contribution < 1.29 is 9.13 Å². The maximum absolute atomic E-state index is 13.9. The molecule has 20 heavy (non-hydrogen) atoms. The molecule has 0 fully saturated rings. The lowest BCUT2D eigenvalue weighted by molar-refractivity contribution is 0.148. The van der Waals surface area contributed by atoms with Gasteiger partial charge in [0.05, 0.1) is 6.61 Å². The maximum atomic E-state index is 13.9. The van der Waals surface area contributed by atoms with E-state index in [4.69, 9.17) is 4.74 Å². The SMILES string of the molecule is CCNC(CCN(CC)CCOC)c1ccccc1F. The second-order valence-electron chi connectivity index (χ2n) is 4.85. The first kappa shape index (κ1) is 17.1. The van der Waals surface area contributed by atoms with Crippen molar-refractivity contribution in [3.63, 3.8) is 0 Å². The van der Waals surface area contributed by atoms with Crippen LogP contribution in [0.4, 0.5) is 4.39 Å². The summed E-state index contributed by atoms with van der Waals surface area (Å²) in [6.07, 6.45) is 0.895. The summed E-state index contributed by atoms with van der Waals surface area (Å²) in [6.45, 7) is 8.61. The number of likely N-dealkylation sites (N-methyl/N-ethyl adjacent to an activating group) is 1. The number of halogens is 1. The van der Waals surface area contributed by atoms with Gasteiger partial charge < -0.3 is 15.0 Å². The Bertz CT molecular complexity index is 373. The van der Waals surface area contributed by atoms with E-state index in [1.807, 2.05) is 12.1 Å². The normalized spacial score (nSPS) is 12.8. The number of nitrogens with zero attached hydrogens (tertiary/aromatic N) is 1. The van der Waals surface area contributed by atoms with Gasteiger partial charge in [-0.05, 0) is 25.6 Å². The zero-order valence-corrected chi connectivity index (χ0v) is 12.9. The van der Waals surface area contributed by atoms with Crippen molar-refractivity contribution in [2.24, 2.45) is 0 Å². The minimum absolute atomic E-state index is 0.0674. The Morgan fingerprint density at radius 1 is 1.25 bits per heavy atom. The first-order valence-corrected chi connectivity index (χ1v) is 7.42. The summed E-state index contributed by atoms with van der Waals surface area (Å²) >= 11 is 0. The van der Waals surface area contributed by atoms with Crippen LogP contribution in [0.5, 0.6) is 0 Å². The van der Waals surface area contributed by atoms with Gasteiger partial charge in [-0.2, -0.15) is 0 Å². The van der Waals surface area contributed by atoms with Gasteiger partial charge in [-0.1, -0.05) is 32.0 Å². The smallest absolute Gasteiger partial charge is 0.127 e. The zero-order valence-electron chi connectivity index (χ0n) is 12.9. The summed E-state index contributed by atoms with van der Waals surface area (Å²) in [5.41, 5.74) is 0.761. The highest BCUT2D eigenvalue weighted by Gasteiger charge is 2.15. The van der Waals surface area contributed by atoms with Crippen LogP contribution in [0.3, 0.4) is 0 Å². The van der Waals surface area contributed by atoms with E-state index in [1.54, 1.807) is 13.2 Å². The van der Waals surface area contributed by atoms with Crippen molar-refractivity contribution in [2.75, 3.05) is 39.9 Å². The first-order chi connectivity index (χ1) is 9.72. The number of rotatable bonds is 10. The number of nitrogens with one attached hydrogen (secondary N) is 1. The van der Waals surface area contributed by atoms with E-state index in [-0.39, 0.29) is 11.9 Å². The van der Waals surface area contributed by atoms with E-state index in [9.17, 15) is 4.39 Å². The Morgan fingerprint density at radius 2 is 2.00 bits per heavy atom. The molecule has 0 radical (unpaired) electrons. The van der Waals surface area contributed by atoms with E-state index in [1.165, 1.54) is 6.07 Å². The van der Waals surface area contributed by atoms with Crippen LogP contribution in [-0.2, 0) is 4.74 Å². The van der Waals surface area contributed by atoms with Gasteiger partial charge in [0.1, 0.15) is 5.82 Å². The summed E-state index contributed by atoms with van der Waals surface area (Å²) in [5.74, 6) is -0.126. The molecule has 114 valence electrons. The number of ether oxygens (including phenoxy) is 1. The zero-order chi connectivity index (χ0) is 14.8. The predicted molar refractivity (Wildman–Crippen MR) is 81.4 cm³/mol. The molecule has 1 atom stereocenters. The molecule has 0 aliphatic carbocycles. The molecule has 0 aliphatic heterocycles. The van der Waals surface area contributed by atoms with Gasteiger partial charge in [-0.25, -0.2) is 4.39 Å². The molecule has 0 saturated carbocycles. The lowest BCUT2D eigenvalue weighted by atomic mass is 10.0. The molecule has 0 bridgehead atoms. The molecule has 0 aliphatic rings. The third kappa shape index (κ3) is 5.57. The number of benzene rings is 1. The fourth-order valence-electron chi connectivity index (χ4n) is 2.33. The lowest BCUT2D eigenvalue weighted by Crippen LogP contribution is -2.32. The van der Waals surface area contributed by atoms with E-state index in [2.05, 4.69) is 24.1 Å².